The molecular weight excluding hydrogens is 244 g/mol. The number of nitrogens with zero attached hydrogens (tertiary/aromatic N) is 2. The fourth-order valence-electron chi connectivity index (χ4n) is 1.56. The van der Waals surface area contributed by atoms with Gasteiger partial charge in [0, 0.05) is 11.8 Å². The summed E-state index contributed by atoms with van der Waals surface area (Å²) in [5, 5.41) is 0. The second-order valence-corrected chi connectivity index (χ2v) is 3.97. The number of methoxy groups -OCH3 is 1. The molecule has 6 nitrogen and oxygen atoms in total. The second-order valence-electron chi connectivity index (χ2n) is 3.97. The molecule has 2 aromatic rings. The molecule has 0 saturated heterocycles. The Hall–Kier alpha value is -2.34. The molecule has 0 radical (unpaired) electrons. The van der Waals surface area contributed by atoms with Crippen LogP contribution < -0.4 is 20.7 Å². The Morgan fingerprint density at radius 2 is 2.21 bits per heavy atom. The van der Waals surface area contributed by atoms with Crippen LogP contribution in [0.15, 0.2) is 30.5 Å². The summed E-state index contributed by atoms with van der Waals surface area (Å²) in [7, 11) is 1.63. The zero-order valence-electron chi connectivity index (χ0n) is 10.9. The fraction of sp³-hybridized carbons (Fsp3) is 0.231. The van der Waals surface area contributed by atoms with Crippen molar-refractivity contribution in [2.75, 3.05) is 12.5 Å². The first-order chi connectivity index (χ1) is 9.22. The maximum absolute atomic E-state index is 5.66. The highest BCUT2D eigenvalue weighted by molar-refractivity contribution is 5.32. The Kier molecular flexibility index (Phi) is 4.15. The number of aromatic nitrogens is 2. The van der Waals surface area contributed by atoms with Crippen LogP contribution in [0, 0.1) is 6.92 Å². The zero-order chi connectivity index (χ0) is 13.7. The molecular formula is C13H16N4O2. The lowest BCUT2D eigenvalue weighted by molar-refractivity contribution is 0.290. The number of ether oxygens (including phenoxy) is 2. The van der Waals surface area contributed by atoms with Crippen LogP contribution >= 0.6 is 0 Å². The second kappa shape index (κ2) is 6.01. The molecule has 6 heteroatoms. The third-order valence-corrected chi connectivity index (χ3v) is 2.56. The summed E-state index contributed by atoms with van der Waals surface area (Å²) in [6.45, 7) is 2.28. The largest absolute Gasteiger partial charge is 0.497 e. The van der Waals surface area contributed by atoms with E-state index in [1.165, 1.54) is 0 Å². The van der Waals surface area contributed by atoms with Crippen molar-refractivity contribution in [2.24, 2.45) is 5.84 Å². The van der Waals surface area contributed by atoms with Crippen molar-refractivity contribution >= 4 is 5.95 Å². The smallest absolute Gasteiger partial charge is 0.240 e. The molecule has 0 aliphatic heterocycles. The molecule has 1 heterocycles. The van der Waals surface area contributed by atoms with Gasteiger partial charge in [0.25, 0.3) is 0 Å². The summed E-state index contributed by atoms with van der Waals surface area (Å²) in [4.78, 5) is 8.14. The summed E-state index contributed by atoms with van der Waals surface area (Å²) in [5.74, 6) is 6.89. The molecule has 0 amide bonds. The molecule has 2 rings (SSSR count). The van der Waals surface area contributed by atoms with Crippen LogP contribution in [0.4, 0.5) is 5.95 Å². The van der Waals surface area contributed by atoms with Crippen LogP contribution in [0.2, 0.25) is 0 Å². The molecule has 1 aromatic carbocycles. The quantitative estimate of drug-likeness (QED) is 0.628. The maximum Gasteiger partial charge on any atom is 0.240 e. The summed E-state index contributed by atoms with van der Waals surface area (Å²) in [6, 6.07) is 7.67. The Balaban J connectivity index is 2.09. The van der Waals surface area contributed by atoms with E-state index in [0.29, 0.717) is 18.4 Å². The number of hydrogen-bond donors (Lipinski definition) is 2. The predicted octanol–water partition coefficient (Wildman–Crippen LogP) is 1.66. The van der Waals surface area contributed by atoms with Crippen LogP contribution in [-0.4, -0.2) is 17.1 Å². The lowest BCUT2D eigenvalue weighted by Gasteiger charge is -2.09. The van der Waals surface area contributed by atoms with Gasteiger partial charge in [0.15, 0.2) is 0 Å². The van der Waals surface area contributed by atoms with E-state index in [9.17, 15) is 0 Å². The van der Waals surface area contributed by atoms with E-state index in [4.69, 9.17) is 15.3 Å². The van der Waals surface area contributed by atoms with Gasteiger partial charge in [-0.3, -0.25) is 5.43 Å². The van der Waals surface area contributed by atoms with Crippen molar-refractivity contribution in [1.29, 1.82) is 0 Å². The number of anilines is 1. The Bertz CT molecular complexity index is 560. The molecule has 100 valence electrons. The van der Waals surface area contributed by atoms with Gasteiger partial charge in [-0.2, -0.15) is 4.98 Å². The Morgan fingerprint density at radius 1 is 1.37 bits per heavy atom. The van der Waals surface area contributed by atoms with Crippen molar-refractivity contribution in [3.8, 4) is 11.6 Å². The molecule has 0 saturated carbocycles. The summed E-state index contributed by atoms with van der Waals surface area (Å²) >= 11 is 0. The summed E-state index contributed by atoms with van der Waals surface area (Å²) in [6.07, 6.45) is 1.66. The van der Waals surface area contributed by atoms with Crippen molar-refractivity contribution in [3.05, 3.63) is 41.6 Å². The molecule has 0 fully saturated rings. The summed E-state index contributed by atoms with van der Waals surface area (Å²) in [5.41, 5.74) is 4.24. The van der Waals surface area contributed by atoms with Crippen LogP contribution in [-0.2, 0) is 6.61 Å². The minimum Gasteiger partial charge on any atom is -0.497 e. The van der Waals surface area contributed by atoms with Crippen molar-refractivity contribution in [3.63, 3.8) is 0 Å². The molecule has 0 unspecified atom stereocenters. The highest BCUT2D eigenvalue weighted by Gasteiger charge is 2.05. The first-order valence-corrected chi connectivity index (χ1v) is 5.79. The number of nitrogen functional groups attached to an aromatic ring is 1. The fourth-order valence-corrected chi connectivity index (χ4v) is 1.56. The average molecular weight is 260 g/mol. The zero-order valence-corrected chi connectivity index (χ0v) is 10.9. The van der Waals surface area contributed by atoms with Gasteiger partial charge >= 0.3 is 0 Å². The molecule has 0 atom stereocenters. The average Bonchev–Trinajstić information content (AvgIpc) is 2.46. The number of nitrogens with one attached hydrogen (secondary N) is 1. The van der Waals surface area contributed by atoms with Gasteiger partial charge in [0.1, 0.15) is 12.4 Å². The minimum absolute atomic E-state index is 0.325. The van der Waals surface area contributed by atoms with Gasteiger partial charge in [-0.15, -0.1) is 0 Å². The molecule has 0 bridgehead atoms. The van der Waals surface area contributed by atoms with Gasteiger partial charge < -0.3 is 9.47 Å². The van der Waals surface area contributed by atoms with Gasteiger partial charge in [0.2, 0.25) is 11.8 Å². The van der Waals surface area contributed by atoms with Gasteiger partial charge in [-0.1, -0.05) is 12.1 Å². The number of hydrazine groups is 1. The highest BCUT2D eigenvalue weighted by atomic mass is 16.5. The molecule has 0 aliphatic rings. The third-order valence-electron chi connectivity index (χ3n) is 2.56. The SMILES string of the molecule is COc1cccc(COc2nc(NN)ncc2C)c1. The molecule has 19 heavy (non-hydrogen) atoms. The van der Waals surface area contributed by atoms with Gasteiger partial charge in [0.05, 0.1) is 7.11 Å². The van der Waals surface area contributed by atoms with E-state index >= 15 is 0 Å². The Morgan fingerprint density at radius 3 is 2.95 bits per heavy atom. The number of hydrogen-bond acceptors (Lipinski definition) is 6. The first kappa shape index (κ1) is 13.1. The van der Waals surface area contributed by atoms with Crippen molar-refractivity contribution < 1.29 is 9.47 Å². The number of rotatable bonds is 5. The predicted molar refractivity (Wildman–Crippen MR) is 71.9 cm³/mol. The van der Waals surface area contributed by atoms with Gasteiger partial charge in [-0.05, 0) is 24.6 Å². The first-order valence-electron chi connectivity index (χ1n) is 5.79. The van der Waals surface area contributed by atoms with Crippen LogP contribution in [0.25, 0.3) is 0 Å². The number of aryl methyl sites for hydroxylation is 1. The topological polar surface area (TPSA) is 82.3 Å². The van der Waals surface area contributed by atoms with Crippen molar-refractivity contribution in [1.82, 2.24) is 9.97 Å². The highest BCUT2D eigenvalue weighted by Crippen LogP contribution is 2.18. The van der Waals surface area contributed by atoms with E-state index in [1.807, 2.05) is 31.2 Å². The standard InChI is InChI=1S/C13H16N4O2/c1-9-7-15-13(17-14)16-12(9)19-8-10-4-3-5-11(6-10)18-2/h3-7H,8,14H2,1-2H3,(H,15,16,17). The molecule has 3 N–H and O–H groups in total. The van der Waals surface area contributed by atoms with E-state index in [-0.39, 0.29) is 0 Å². The maximum atomic E-state index is 5.66. The number of nitrogens with two attached hydrogens (primary N) is 1. The number of benzene rings is 1. The van der Waals surface area contributed by atoms with Gasteiger partial charge in [-0.25, -0.2) is 10.8 Å². The van der Waals surface area contributed by atoms with Crippen LogP contribution in [0.3, 0.4) is 0 Å². The minimum atomic E-state index is 0.325. The van der Waals surface area contributed by atoms with E-state index in [0.717, 1.165) is 16.9 Å². The normalized spacial score (nSPS) is 10.1. The molecule has 0 spiro atoms. The third kappa shape index (κ3) is 3.32. The molecule has 0 aliphatic carbocycles. The monoisotopic (exact) mass is 260 g/mol. The van der Waals surface area contributed by atoms with E-state index in [2.05, 4.69) is 15.4 Å². The Labute approximate surface area is 111 Å². The van der Waals surface area contributed by atoms with Crippen molar-refractivity contribution in [2.45, 2.75) is 13.5 Å². The van der Waals surface area contributed by atoms with E-state index in [1.54, 1.807) is 13.3 Å². The van der Waals surface area contributed by atoms with E-state index < -0.39 is 0 Å². The lowest BCUT2D eigenvalue weighted by atomic mass is 10.2. The lowest BCUT2D eigenvalue weighted by Crippen LogP contribution is -2.11. The molecule has 1 aromatic heterocycles. The van der Waals surface area contributed by atoms with Crippen LogP contribution in [0.1, 0.15) is 11.1 Å². The van der Waals surface area contributed by atoms with Crippen LogP contribution in [0.5, 0.6) is 11.6 Å². The summed E-state index contributed by atoms with van der Waals surface area (Å²) < 4.78 is 10.8.